The Bertz CT molecular complexity index is 848. The maximum Gasteiger partial charge on any atom is 0.412 e. The lowest BCUT2D eigenvalue weighted by atomic mass is 10.00. The molecule has 4 atom stereocenters. The summed E-state index contributed by atoms with van der Waals surface area (Å²) in [7, 11) is -2.15. The summed E-state index contributed by atoms with van der Waals surface area (Å²) in [5.41, 5.74) is -0.789. The lowest BCUT2D eigenvalue weighted by Gasteiger charge is -2.40. The number of amides is 1. The maximum atomic E-state index is 13.2. The second kappa shape index (κ2) is 11.5. The van der Waals surface area contributed by atoms with E-state index in [1.807, 2.05) is 30.3 Å². The Morgan fingerprint density at radius 3 is 2.25 bits per heavy atom. The van der Waals surface area contributed by atoms with Crippen molar-refractivity contribution in [2.45, 2.75) is 116 Å². The van der Waals surface area contributed by atoms with Crippen LogP contribution in [0.4, 0.5) is 4.79 Å². The number of aliphatic hydroxyl groups is 2. The van der Waals surface area contributed by atoms with Crippen LogP contribution in [-0.4, -0.2) is 78.4 Å². The predicted molar refractivity (Wildman–Crippen MR) is 142 cm³/mol. The molecule has 206 valence electrons. The first-order valence-electron chi connectivity index (χ1n) is 12.7. The van der Waals surface area contributed by atoms with Crippen LogP contribution in [-0.2, 0) is 25.2 Å². The fourth-order valence-corrected chi connectivity index (χ4v) is 4.79. The molecule has 0 unspecified atom stereocenters. The van der Waals surface area contributed by atoms with Gasteiger partial charge in [0.2, 0.25) is 0 Å². The highest BCUT2D eigenvalue weighted by molar-refractivity contribution is 6.74. The quantitative estimate of drug-likeness (QED) is 0.452. The van der Waals surface area contributed by atoms with Gasteiger partial charge in [0.25, 0.3) is 0 Å². The van der Waals surface area contributed by atoms with Crippen molar-refractivity contribution >= 4 is 14.4 Å². The molecule has 1 saturated heterocycles. The molecule has 36 heavy (non-hydrogen) atoms. The van der Waals surface area contributed by atoms with Crippen LogP contribution >= 0.6 is 0 Å². The Hall–Kier alpha value is -1.49. The van der Waals surface area contributed by atoms with Gasteiger partial charge in [-0.25, -0.2) is 4.79 Å². The van der Waals surface area contributed by atoms with Crippen LogP contribution in [0.5, 0.6) is 0 Å². The van der Waals surface area contributed by atoms with Crippen LogP contribution in [0, 0.1) is 0 Å². The summed E-state index contributed by atoms with van der Waals surface area (Å²) in [5, 5.41) is 22.3. The van der Waals surface area contributed by atoms with E-state index in [2.05, 4.69) is 33.9 Å². The van der Waals surface area contributed by atoms with Crippen molar-refractivity contribution in [2.24, 2.45) is 0 Å². The Labute approximate surface area is 218 Å². The first kappa shape index (κ1) is 30.7. The summed E-state index contributed by atoms with van der Waals surface area (Å²) in [5.74, 6) is 0. The molecular formula is C27H47NO7Si. The second-order valence-electron chi connectivity index (χ2n) is 12.6. The monoisotopic (exact) mass is 525 g/mol. The Morgan fingerprint density at radius 2 is 1.72 bits per heavy atom. The predicted octanol–water partition coefficient (Wildman–Crippen LogP) is 4.69. The van der Waals surface area contributed by atoms with Gasteiger partial charge >= 0.3 is 6.09 Å². The molecule has 1 aromatic rings. The van der Waals surface area contributed by atoms with E-state index in [4.69, 9.17) is 18.6 Å². The number of carbonyl (C=O) groups excluding carboxylic acids is 1. The van der Waals surface area contributed by atoms with Gasteiger partial charge in [0, 0.05) is 0 Å². The van der Waals surface area contributed by atoms with Gasteiger partial charge < -0.3 is 28.8 Å². The summed E-state index contributed by atoms with van der Waals surface area (Å²) >= 11 is 0. The SMILES string of the molecule is CC(C)(C)OC(=O)N1[C@H]([C@@H](OCc2ccccc2)[C@@H](O)[C@H](O)CO[Si](C)(C)C(C)(C)C)COC1(C)C. The van der Waals surface area contributed by atoms with E-state index in [0.29, 0.717) is 0 Å². The lowest BCUT2D eigenvalue weighted by molar-refractivity contribution is -0.132. The molecule has 1 fully saturated rings. The number of carbonyl (C=O) groups is 1. The molecule has 1 aliphatic rings. The van der Waals surface area contributed by atoms with Crippen molar-refractivity contribution in [1.29, 1.82) is 0 Å². The third kappa shape index (κ3) is 8.00. The molecule has 1 aliphatic heterocycles. The van der Waals surface area contributed by atoms with Crippen LogP contribution < -0.4 is 0 Å². The normalized spacial score (nSPS) is 21.2. The van der Waals surface area contributed by atoms with Crippen LogP contribution in [0.1, 0.15) is 61.0 Å². The van der Waals surface area contributed by atoms with Crippen LogP contribution in [0.15, 0.2) is 30.3 Å². The summed E-state index contributed by atoms with van der Waals surface area (Å²) in [6, 6.07) is 8.87. The molecule has 9 heteroatoms. The number of ether oxygens (including phenoxy) is 3. The van der Waals surface area contributed by atoms with Crippen molar-refractivity contribution in [3.63, 3.8) is 0 Å². The van der Waals surface area contributed by atoms with Crippen molar-refractivity contribution in [1.82, 2.24) is 4.90 Å². The highest BCUT2D eigenvalue weighted by atomic mass is 28.4. The van der Waals surface area contributed by atoms with Gasteiger partial charge in [-0.1, -0.05) is 51.1 Å². The highest BCUT2D eigenvalue weighted by Crippen LogP contribution is 2.37. The van der Waals surface area contributed by atoms with E-state index in [0.717, 1.165) is 5.56 Å². The minimum atomic E-state index is -2.15. The minimum Gasteiger partial charge on any atom is -0.444 e. The molecule has 2 rings (SSSR count). The summed E-state index contributed by atoms with van der Waals surface area (Å²) in [4.78, 5) is 14.7. The van der Waals surface area contributed by atoms with Gasteiger partial charge in [-0.15, -0.1) is 0 Å². The van der Waals surface area contributed by atoms with Crippen molar-refractivity contribution in [2.75, 3.05) is 13.2 Å². The number of benzene rings is 1. The lowest BCUT2D eigenvalue weighted by Crippen LogP contribution is -2.58. The molecule has 0 aliphatic carbocycles. The Balaban J connectivity index is 2.31. The van der Waals surface area contributed by atoms with Crippen LogP contribution in [0.2, 0.25) is 18.1 Å². The van der Waals surface area contributed by atoms with E-state index in [1.54, 1.807) is 34.6 Å². The molecule has 0 bridgehead atoms. The molecule has 1 amide bonds. The van der Waals surface area contributed by atoms with Crippen molar-refractivity contribution < 1.29 is 33.6 Å². The first-order chi connectivity index (χ1) is 16.4. The van der Waals surface area contributed by atoms with E-state index in [-0.39, 0.29) is 24.9 Å². The second-order valence-corrected chi connectivity index (χ2v) is 17.4. The van der Waals surface area contributed by atoms with E-state index < -0.39 is 50.1 Å². The molecular weight excluding hydrogens is 478 g/mol. The molecule has 0 radical (unpaired) electrons. The number of aliphatic hydroxyl groups excluding tert-OH is 2. The van der Waals surface area contributed by atoms with Gasteiger partial charge in [-0.05, 0) is 58.3 Å². The van der Waals surface area contributed by atoms with Gasteiger partial charge in [-0.3, -0.25) is 4.90 Å². The highest BCUT2D eigenvalue weighted by Gasteiger charge is 2.51. The third-order valence-corrected chi connectivity index (χ3v) is 11.4. The van der Waals surface area contributed by atoms with E-state index >= 15 is 0 Å². The average molecular weight is 526 g/mol. The fraction of sp³-hybridized carbons (Fsp3) is 0.741. The van der Waals surface area contributed by atoms with Crippen LogP contribution in [0.25, 0.3) is 0 Å². The van der Waals surface area contributed by atoms with Gasteiger partial charge in [-0.2, -0.15) is 0 Å². The van der Waals surface area contributed by atoms with E-state index in [1.165, 1.54) is 4.90 Å². The Kier molecular flexibility index (Phi) is 9.81. The minimum absolute atomic E-state index is 0.0355. The molecule has 0 saturated carbocycles. The standard InChI is InChI=1S/C27H47NO7Si/c1-25(2,3)35-24(31)28-20(17-33-27(28,7)8)23(32-16-19-14-12-11-13-15-19)22(30)21(29)18-34-36(9,10)26(4,5)6/h11-15,20-23,29-30H,16-18H2,1-10H3/t20-,21+,22-,23+/m0/s1. The summed E-state index contributed by atoms with van der Waals surface area (Å²) in [6.45, 7) is 19.7. The molecule has 0 aromatic heterocycles. The number of hydrogen-bond donors (Lipinski definition) is 2. The smallest absolute Gasteiger partial charge is 0.412 e. The topological polar surface area (TPSA) is 97.7 Å². The molecule has 2 N–H and O–H groups in total. The third-order valence-electron chi connectivity index (χ3n) is 6.93. The molecule has 1 aromatic carbocycles. The van der Waals surface area contributed by atoms with Crippen molar-refractivity contribution in [3.8, 4) is 0 Å². The van der Waals surface area contributed by atoms with Crippen LogP contribution in [0.3, 0.4) is 0 Å². The molecule has 0 spiro atoms. The molecule has 1 heterocycles. The Morgan fingerprint density at radius 1 is 1.14 bits per heavy atom. The zero-order chi connectivity index (χ0) is 27.5. The number of nitrogens with zero attached hydrogens (tertiary/aromatic N) is 1. The van der Waals surface area contributed by atoms with Gasteiger partial charge in [0.05, 0.1) is 25.9 Å². The largest absolute Gasteiger partial charge is 0.444 e. The summed E-state index contributed by atoms with van der Waals surface area (Å²) < 4.78 is 24.0. The summed E-state index contributed by atoms with van der Waals surface area (Å²) in [6.07, 6.45) is -4.06. The first-order valence-corrected chi connectivity index (χ1v) is 15.6. The zero-order valence-electron chi connectivity index (χ0n) is 23.7. The average Bonchev–Trinajstić information content (AvgIpc) is 3.05. The molecule has 8 nitrogen and oxygen atoms in total. The number of hydrogen-bond acceptors (Lipinski definition) is 7. The fourth-order valence-electron chi connectivity index (χ4n) is 3.77. The van der Waals surface area contributed by atoms with Crippen molar-refractivity contribution in [3.05, 3.63) is 35.9 Å². The zero-order valence-corrected chi connectivity index (χ0v) is 24.7. The van der Waals surface area contributed by atoms with Gasteiger partial charge in [0.15, 0.2) is 8.32 Å². The number of rotatable bonds is 9. The van der Waals surface area contributed by atoms with Gasteiger partial charge in [0.1, 0.15) is 29.6 Å². The van der Waals surface area contributed by atoms with E-state index in [9.17, 15) is 15.0 Å². The maximum absolute atomic E-state index is 13.2.